The van der Waals surface area contributed by atoms with Crippen molar-refractivity contribution in [2.45, 2.75) is 12.8 Å². The van der Waals surface area contributed by atoms with E-state index in [0.717, 1.165) is 27.8 Å². The Balaban J connectivity index is 1.63. The Hall–Kier alpha value is -3.61. The van der Waals surface area contributed by atoms with E-state index in [2.05, 4.69) is 28.3 Å². The van der Waals surface area contributed by atoms with Gasteiger partial charge in [0.25, 0.3) is 11.9 Å². The fourth-order valence-corrected chi connectivity index (χ4v) is 3.51. The Morgan fingerprint density at radius 3 is 2.83 bits per heavy atom. The number of nitrogens with one attached hydrogen (secondary N) is 2. The normalized spacial score (nSPS) is 15.9. The van der Waals surface area contributed by atoms with E-state index in [-0.39, 0.29) is 36.8 Å². The van der Waals surface area contributed by atoms with Gasteiger partial charge in [-0.15, -0.1) is 0 Å². The van der Waals surface area contributed by atoms with Crippen LogP contribution in [0.5, 0.6) is 5.75 Å². The maximum absolute atomic E-state index is 12.6. The van der Waals surface area contributed by atoms with Crippen LogP contribution < -0.4 is 10.1 Å². The Morgan fingerprint density at radius 2 is 2.07 bits per heavy atom. The molecule has 0 spiro atoms. The van der Waals surface area contributed by atoms with E-state index in [4.69, 9.17) is 9.47 Å². The summed E-state index contributed by atoms with van der Waals surface area (Å²) in [6.07, 6.45) is 2.00. The predicted octanol–water partition coefficient (Wildman–Crippen LogP) is 3.01. The number of ether oxygens (including phenoxy) is 2. The minimum Gasteiger partial charge on any atom is -0.496 e. The second-order valence-corrected chi connectivity index (χ2v) is 6.85. The molecule has 4 rings (SSSR count). The maximum Gasteiger partial charge on any atom is 0.292 e. The van der Waals surface area contributed by atoms with Crippen LogP contribution in [0.3, 0.4) is 0 Å². The number of ketones is 1. The van der Waals surface area contributed by atoms with Gasteiger partial charge in [-0.1, -0.05) is 25.1 Å². The van der Waals surface area contributed by atoms with Crippen LogP contribution in [-0.2, 0) is 9.53 Å². The summed E-state index contributed by atoms with van der Waals surface area (Å²) in [5.41, 5.74) is 3.64. The van der Waals surface area contributed by atoms with Crippen LogP contribution in [0, 0.1) is 0 Å². The molecule has 148 valence electrons. The third-order valence-corrected chi connectivity index (χ3v) is 5.06. The van der Waals surface area contributed by atoms with Gasteiger partial charge in [0.05, 0.1) is 7.11 Å². The van der Waals surface area contributed by atoms with Crippen LogP contribution in [-0.4, -0.2) is 43.0 Å². The van der Waals surface area contributed by atoms with Crippen LogP contribution in [0.1, 0.15) is 34.3 Å². The number of nitrogens with zero attached hydrogens (tertiary/aromatic N) is 1. The van der Waals surface area contributed by atoms with Gasteiger partial charge in [-0.2, -0.15) is 0 Å². The largest absolute Gasteiger partial charge is 0.496 e. The van der Waals surface area contributed by atoms with Crippen molar-refractivity contribution < 1.29 is 19.1 Å². The molecule has 0 unspecified atom stereocenters. The number of para-hydroxylation sites is 1. The molecular weight excluding hydrogens is 370 g/mol. The first kappa shape index (κ1) is 18.7. The van der Waals surface area contributed by atoms with Crippen molar-refractivity contribution in [1.29, 1.82) is 0 Å². The summed E-state index contributed by atoms with van der Waals surface area (Å²) in [5, 5.41) is 3.60. The van der Waals surface area contributed by atoms with E-state index in [1.165, 1.54) is 0 Å². The molecule has 0 bridgehead atoms. The quantitative estimate of drug-likeness (QED) is 0.632. The number of aliphatic imine (C=N–C) groups is 1. The summed E-state index contributed by atoms with van der Waals surface area (Å²) in [4.78, 5) is 31.1. The number of methoxy groups -OCH3 is 1. The Kier molecular flexibility index (Phi) is 5.03. The molecule has 1 saturated heterocycles. The zero-order valence-electron chi connectivity index (χ0n) is 16.2. The number of rotatable bonds is 6. The van der Waals surface area contributed by atoms with Gasteiger partial charge < -0.3 is 14.5 Å². The van der Waals surface area contributed by atoms with Crippen molar-refractivity contribution in [3.8, 4) is 5.75 Å². The lowest BCUT2D eigenvalue weighted by atomic mass is 9.90. The van der Waals surface area contributed by atoms with Crippen molar-refractivity contribution in [3.05, 3.63) is 65.4 Å². The molecule has 1 aromatic heterocycles. The average molecular weight is 391 g/mol. The van der Waals surface area contributed by atoms with Gasteiger partial charge in [0.15, 0.2) is 12.4 Å². The van der Waals surface area contributed by atoms with E-state index < -0.39 is 0 Å². The number of aromatic amines is 1. The van der Waals surface area contributed by atoms with Gasteiger partial charge in [0.2, 0.25) is 0 Å². The molecule has 1 amide bonds. The van der Waals surface area contributed by atoms with Crippen molar-refractivity contribution in [2.75, 3.05) is 20.3 Å². The van der Waals surface area contributed by atoms with E-state index >= 15 is 0 Å². The highest BCUT2D eigenvalue weighted by atomic mass is 16.5. The molecule has 1 aliphatic rings. The number of benzene rings is 2. The van der Waals surface area contributed by atoms with Gasteiger partial charge >= 0.3 is 0 Å². The maximum atomic E-state index is 12.6. The zero-order valence-corrected chi connectivity index (χ0v) is 16.2. The number of amidine groups is 1. The van der Waals surface area contributed by atoms with Crippen LogP contribution in [0.2, 0.25) is 0 Å². The van der Waals surface area contributed by atoms with Crippen molar-refractivity contribution >= 4 is 28.6 Å². The van der Waals surface area contributed by atoms with Crippen LogP contribution in [0.4, 0.5) is 0 Å². The number of amides is 1. The second-order valence-electron chi connectivity index (χ2n) is 6.85. The van der Waals surface area contributed by atoms with Gasteiger partial charge in [0.1, 0.15) is 12.3 Å². The minimum atomic E-state index is -0.268. The molecule has 0 radical (unpaired) electrons. The number of carbonyl (C=O) groups is 2. The molecule has 7 nitrogen and oxygen atoms in total. The number of hydrogen-bond donors (Lipinski definition) is 2. The van der Waals surface area contributed by atoms with Crippen molar-refractivity contribution in [2.24, 2.45) is 4.99 Å². The minimum absolute atomic E-state index is 0.0117. The summed E-state index contributed by atoms with van der Waals surface area (Å²) in [5.74, 6) is 0.294. The van der Waals surface area contributed by atoms with Gasteiger partial charge in [-0.25, -0.2) is 4.99 Å². The summed E-state index contributed by atoms with van der Waals surface area (Å²) >= 11 is 0. The topological polar surface area (TPSA) is 92.8 Å². The molecule has 2 N–H and O–H groups in total. The van der Waals surface area contributed by atoms with Crippen LogP contribution in [0.25, 0.3) is 10.9 Å². The van der Waals surface area contributed by atoms with Gasteiger partial charge in [0, 0.05) is 34.1 Å². The lowest BCUT2D eigenvalue weighted by Gasteiger charge is -2.16. The third-order valence-electron chi connectivity index (χ3n) is 5.06. The summed E-state index contributed by atoms with van der Waals surface area (Å²) < 4.78 is 10.6. The number of carbonyl (C=O) groups excluding carboxylic acids is 2. The zero-order chi connectivity index (χ0) is 20.4. The average Bonchev–Trinajstić information content (AvgIpc) is 3.37. The molecule has 1 fully saturated rings. The standard InChI is InChI=1S/C22H21N3O4/c1-13(17-10-23-18-6-4-3-5-15(17)18)16-9-14(7-8-20(16)28-2)19(26)11-24-22-25-21(27)12-29-22/h3-10,13,23H,11-12H2,1-2H3,(H,24,25,27)/t13-/m0/s1. The second kappa shape index (κ2) is 7.79. The number of hydrogen-bond acceptors (Lipinski definition) is 5. The number of aromatic nitrogens is 1. The van der Waals surface area contributed by atoms with Crippen LogP contribution in [0.15, 0.2) is 53.7 Å². The molecule has 7 heteroatoms. The van der Waals surface area contributed by atoms with E-state index in [0.29, 0.717) is 5.56 Å². The Labute approximate surface area is 167 Å². The van der Waals surface area contributed by atoms with E-state index in [1.54, 1.807) is 19.2 Å². The van der Waals surface area contributed by atoms with Crippen molar-refractivity contribution in [1.82, 2.24) is 10.3 Å². The van der Waals surface area contributed by atoms with Crippen LogP contribution >= 0.6 is 0 Å². The molecule has 0 aliphatic carbocycles. The number of fused-ring (bicyclic) bond motifs is 1. The predicted molar refractivity (Wildman–Crippen MR) is 110 cm³/mol. The molecule has 2 heterocycles. The molecule has 0 saturated carbocycles. The highest BCUT2D eigenvalue weighted by Crippen LogP contribution is 2.35. The first-order valence-corrected chi connectivity index (χ1v) is 9.31. The summed E-state index contributed by atoms with van der Waals surface area (Å²) in [6.45, 7) is 1.91. The lowest BCUT2D eigenvalue weighted by molar-refractivity contribution is -0.119. The van der Waals surface area contributed by atoms with E-state index in [1.807, 2.05) is 30.5 Å². The SMILES string of the molecule is COc1ccc(C(=O)CN=C2NC(=O)CO2)cc1[C@H](C)c1c[nH]c2ccccc12. The summed E-state index contributed by atoms with van der Waals surface area (Å²) in [6, 6.07) is 13.6. The Bertz CT molecular complexity index is 1120. The third kappa shape index (κ3) is 3.71. The van der Waals surface area contributed by atoms with Gasteiger partial charge in [-0.05, 0) is 29.8 Å². The van der Waals surface area contributed by atoms with E-state index in [9.17, 15) is 9.59 Å². The van der Waals surface area contributed by atoms with Crippen molar-refractivity contribution in [3.63, 3.8) is 0 Å². The molecule has 3 aromatic rings. The fourth-order valence-electron chi connectivity index (χ4n) is 3.51. The highest BCUT2D eigenvalue weighted by Gasteiger charge is 2.20. The fraction of sp³-hybridized carbons (Fsp3) is 0.227. The molecule has 1 aliphatic heterocycles. The molecule has 29 heavy (non-hydrogen) atoms. The number of Topliss-reactive ketones (excluding diaryl/α,β-unsaturated/α-hetero) is 1. The molecule has 1 atom stereocenters. The molecule has 2 aromatic carbocycles. The monoisotopic (exact) mass is 391 g/mol. The lowest BCUT2D eigenvalue weighted by Crippen LogP contribution is -2.22. The Morgan fingerprint density at radius 1 is 1.24 bits per heavy atom. The summed E-state index contributed by atoms with van der Waals surface area (Å²) in [7, 11) is 1.62. The first-order chi connectivity index (χ1) is 14.1. The smallest absolute Gasteiger partial charge is 0.292 e. The number of H-pyrrole nitrogens is 1. The van der Waals surface area contributed by atoms with Gasteiger partial charge in [-0.3, -0.25) is 14.9 Å². The first-order valence-electron chi connectivity index (χ1n) is 9.31. The highest BCUT2D eigenvalue weighted by molar-refractivity contribution is 6.02. The molecular formula is C22H21N3O4.